The SMILES string of the molecule is CCC(Cl)c1ccc(C(C)(C)C)cc1. The van der Waals surface area contributed by atoms with Gasteiger partial charge in [0.1, 0.15) is 0 Å². The Morgan fingerprint density at radius 2 is 1.64 bits per heavy atom. The third-order valence-corrected chi connectivity index (χ3v) is 3.06. The highest BCUT2D eigenvalue weighted by atomic mass is 35.5. The molecule has 0 aliphatic rings. The predicted molar refractivity (Wildman–Crippen MR) is 64.0 cm³/mol. The summed E-state index contributed by atoms with van der Waals surface area (Å²) in [6.07, 6.45) is 0.983. The maximum atomic E-state index is 6.16. The predicted octanol–water partition coefficient (Wildman–Crippen LogP) is 4.67. The first-order valence-corrected chi connectivity index (χ1v) is 5.63. The molecule has 78 valence electrons. The van der Waals surface area contributed by atoms with Crippen LogP contribution in [0.3, 0.4) is 0 Å². The summed E-state index contributed by atoms with van der Waals surface area (Å²) >= 11 is 6.16. The molecule has 0 saturated carbocycles. The van der Waals surface area contributed by atoms with E-state index in [4.69, 9.17) is 11.6 Å². The molecule has 0 amide bonds. The van der Waals surface area contributed by atoms with Gasteiger partial charge in [0.05, 0.1) is 5.38 Å². The minimum Gasteiger partial charge on any atom is -0.118 e. The molecule has 1 unspecified atom stereocenters. The molecule has 0 radical (unpaired) electrons. The van der Waals surface area contributed by atoms with Crippen molar-refractivity contribution in [2.45, 2.75) is 44.9 Å². The van der Waals surface area contributed by atoms with Gasteiger partial charge in [0, 0.05) is 0 Å². The van der Waals surface area contributed by atoms with Crippen LogP contribution in [0.1, 0.15) is 50.6 Å². The first-order chi connectivity index (χ1) is 6.45. The van der Waals surface area contributed by atoms with Crippen LogP contribution in [-0.4, -0.2) is 0 Å². The molecule has 0 bridgehead atoms. The minimum atomic E-state index is 0.156. The smallest absolute Gasteiger partial charge is 0.0582 e. The summed E-state index contributed by atoms with van der Waals surface area (Å²) in [6, 6.07) is 8.64. The minimum absolute atomic E-state index is 0.156. The fourth-order valence-corrected chi connectivity index (χ4v) is 1.57. The first kappa shape index (κ1) is 11.6. The molecule has 0 spiro atoms. The second-order valence-electron chi connectivity index (χ2n) is 4.75. The van der Waals surface area contributed by atoms with Crippen molar-refractivity contribution in [1.82, 2.24) is 0 Å². The fourth-order valence-electron chi connectivity index (χ4n) is 1.43. The Balaban J connectivity index is 2.89. The van der Waals surface area contributed by atoms with Crippen molar-refractivity contribution in [3.63, 3.8) is 0 Å². The average Bonchev–Trinajstić information content (AvgIpc) is 2.15. The largest absolute Gasteiger partial charge is 0.118 e. The molecular formula is C13H19Cl. The molecule has 0 saturated heterocycles. The van der Waals surface area contributed by atoms with E-state index in [1.165, 1.54) is 11.1 Å². The highest BCUT2D eigenvalue weighted by Gasteiger charge is 2.13. The van der Waals surface area contributed by atoms with Gasteiger partial charge in [-0.1, -0.05) is 52.0 Å². The zero-order valence-electron chi connectivity index (χ0n) is 9.47. The van der Waals surface area contributed by atoms with Gasteiger partial charge in [-0.15, -0.1) is 11.6 Å². The zero-order valence-corrected chi connectivity index (χ0v) is 10.2. The van der Waals surface area contributed by atoms with Crippen molar-refractivity contribution < 1.29 is 0 Å². The van der Waals surface area contributed by atoms with Crippen LogP contribution in [0.5, 0.6) is 0 Å². The Bertz CT molecular complexity index is 279. The van der Waals surface area contributed by atoms with E-state index in [2.05, 4.69) is 52.0 Å². The maximum absolute atomic E-state index is 6.16. The van der Waals surface area contributed by atoms with E-state index < -0.39 is 0 Å². The lowest BCUT2D eigenvalue weighted by atomic mass is 9.86. The number of hydrogen-bond acceptors (Lipinski definition) is 0. The van der Waals surface area contributed by atoms with E-state index in [1.54, 1.807) is 0 Å². The summed E-state index contributed by atoms with van der Waals surface area (Å²) in [6.45, 7) is 8.77. The molecule has 0 aliphatic carbocycles. The highest BCUT2D eigenvalue weighted by Crippen LogP contribution is 2.27. The van der Waals surface area contributed by atoms with Crippen LogP contribution in [0, 0.1) is 0 Å². The van der Waals surface area contributed by atoms with Crippen molar-refractivity contribution in [2.24, 2.45) is 0 Å². The molecule has 1 aromatic rings. The molecule has 0 nitrogen and oxygen atoms in total. The van der Waals surface area contributed by atoms with Gasteiger partial charge < -0.3 is 0 Å². The highest BCUT2D eigenvalue weighted by molar-refractivity contribution is 6.20. The Hall–Kier alpha value is -0.490. The molecule has 0 heterocycles. The third kappa shape index (κ3) is 2.75. The normalized spacial score (nSPS) is 14.1. The zero-order chi connectivity index (χ0) is 10.8. The summed E-state index contributed by atoms with van der Waals surface area (Å²) < 4.78 is 0. The lowest BCUT2D eigenvalue weighted by Crippen LogP contribution is -2.10. The Kier molecular flexibility index (Phi) is 3.60. The molecule has 1 aromatic carbocycles. The first-order valence-electron chi connectivity index (χ1n) is 5.19. The number of alkyl halides is 1. The van der Waals surface area contributed by atoms with E-state index in [1.807, 2.05) is 0 Å². The molecular weight excluding hydrogens is 192 g/mol. The van der Waals surface area contributed by atoms with Gasteiger partial charge in [-0.25, -0.2) is 0 Å². The Morgan fingerprint density at radius 1 is 1.14 bits per heavy atom. The van der Waals surface area contributed by atoms with Gasteiger partial charge in [0.2, 0.25) is 0 Å². The van der Waals surface area contributed by atoms with Crippen molar-refractivity contribution >= 4 is 11.6 Å². The van der Waals surface area contributed by atoms with Crippen molar-refractivity contribution in [1.29, 1.82) is 0 Å². The standard InChI is InChI=1S/C13H19Cl/c1-5-12(14)10-6-8-11(9-7-10)13(2,3)4/h6-9,12H,5H2,1-4H3. The summed E-state index contributed by atoms with van der Waals surface area (Å²) in [5.41, 5.74) is 2.82. The van der Waals surface area contributed by atoms with Crippen LogP contribution in [0.4, 0.5) is 0 Å². The summed E-state index contributed by atoms with van der Waals surface area (Å²) in [5, 5.41) is 0.156. The van der Waals surface area contributed by atoms with Gasteiger partial charge in [0.25, 0.3) is 0 Å². The van der Waals surface area contributed by atoms with Crippen molar-refractivity contribution in [2.75, 3.05) is 0 Å². The summed E-state index contributed by atoms with van der Waals surface area (Å²) in [7, 11) is 0. The number of benzene rings is 1. The van der Waals surface area contributed by atoms with Gasteiger partial charge in [0.15, 0.2) is 0 Å². The van der Waals surface area contributed by atoms with Gasteiger partial charge in [-0.2, -0.15) is 0 Å². The molecule has 1 rings (SSSR count). The van der Waals surface area contributed by atoms with Crippen LogP contribution in [-0.2, 0) is 5.41 Å². The number of halogens is 1. The molecule has 1 atom stereocenters. The number of hydrogen-bond donors (Lipinski definition) is 0. The molecule has 0 aliphatic heterocycles. The molecule has 0 aromatic heterocycles. The van der Waals surface area contributed by atoms with Crippen LogP contribution in [0.25, 0.3) is 0 Å². The van der Waals surface area contributed by atoms with Crippen LogP contribution in [0.2, 0.25) is 0 Å². The third-order valence-electron chi connectivity index (χ3n) is 2.50. The summed E-state index contributed by atoms with van der Waals surface area (Å²) in [4.78, 5) is 0. The van der Waals surface area contributed by atoms with Gasteiger partial charge in [-0.3, -0.25) is 0 Å². The second-order valence-corrected chi connectivity index (χ2v) is 5.27. The molecule has 1 heteroatoms. The lowest BCUT2D eigenvalue weighted by molar-refractivity contribution is 0.590. The van der Waals surface area contributed by atoms with E-state index >= 15 is 0 Å². The Labute approximate surface area is 92.3 Å². The van der Waals surface area contributed by atoms with Crippen LogP contribution >= 0.6 is 11.6 Å². The monoisotopic (exact) mass is 210 g/mol. The van der Waals surface area contributed by atoms with Gasteiger partial charge in [-0.05, 0) is 23.0 Å². The maximum Gasteiger partial charge on any atom is 0.0582 e. The van der Waals surface area contributed by atoms with Gasteiger partial charge >= 0.3 is 0 Å². The van der Waals surface area contributed by atoms with Crippen LogP contribution < -0.4 is 0 Å². The molecule has 14 heavy (non-hydrogen) atoms. The molecule has 0 fully saturated rings. The van der Waals surface area contributed by atoms with E-state index in [9.17, 15) is 0 Å². The van der Waals surface area contributed by atoms with E-state index in [-0.39, 0.29) is 10.8 Å². The quantitative estimate of drug-likeness (QED) is 0.623. The van der Waals surface area contributed by atoms with Crippen molar-refractivity contribution in [3.8, 4) is 0 Å². The Morgan fingerprint density at radius 3 is 2.00 bits per heavy atom. The number of rotatable bonds is 2. The fraction of sp³-hybridized carbons (Fsp3) is 0.538. The van der Waals surface area contributed by atoms with E-state index in [0.29, 0.717) is 0 Å². The van der Waals surface area contributed by atoms with Crippen LogP contribution in [0.15, 0.2) is 24.3 Å². The average molecular weight is 211 g/mol. The van der Waals surface area contributed by atoms with Crippen molar-refractivity contribution in [3.05, 3.63) is 35.4 Å². The lowest BCUT2D eigenvalue weighted by Gasteiger charge is -2.19. The second kappa shape index (κ2) is 4.35. The molecule has 0 N–H and O–H groups in total. The summed E-state index contributed by atoms with van der Waals surface area (Å²) in [5.74, 6) is 0. The topological polar surface area (TPSA) is 0 Å². The van der Waals surface area contributed by atoms with E-state index in [0.717, 1.165) is 6.42 Å².